The van der Waals surface area contributed by atoms with Crippen LogP contribution < -0.4 is 5.32 Å². The van der Waals surface area contributed by atoms with Crippen LogP contribution in [0.2, 0.25) is 0 Å². The van der Waals surface area contributed by atoms with E-state index in [0.29, 0.717) is 19.0 Å². The van der Waals surface area contributed by atoms with Crippen LogP contribution in [0.15, 0.2) is 16.5 Å². The summed E-state index contributed by atoms with van der Waals surface area (Å²) in [7, 11) is 0. The van der Waals surface area contributed by atoms with Crippen molar-refractivity contribution >= 4 is 11.9 Å². The topological polar surface area (TPSA) is 88.8 Å². The Kier molecular flexibility index (Phi) is 5.93. The van der Waals surface area contributed by atoms with Gasteiger partial charge in [-0.05, 0) is 18.6 Å². The van der Waals surface area contributed by atoms with Crippen LogP contribution in [0.3, 0.4) is 0 Å². The number of furan rings is 1. The van der Waals surface area contributed by atoms with Crippen LogP contribution in [-0.2, 0) is 16.1 Å². The molecular formula is C12H17NO5. The first kappa shape index (κ1) is 14.2. The maximum absolute atomic E-state index is 11.4. The Morgan fingerprint density at radius 1 is 1.39 bits per heavy atom. The number of aromatic carboxylic acids is 1. The van der Waals surface area contributed by atoms with Crippen LogP contribution in [0.5, 0.6) is 0 Å². The zero-order valence-corrected chi connectivity index (χ0v) is 10.3. The van der Waals surface area contributed by atoms with Gasteiger partial charge < -0.3 is 19.6 Å². The molecule has 1 aromatic rings. The molecule has 0 atom stereocenters. The van der Waals surface area contributed by atoms with Crippen LogP contribution in [0.4, 0.5) is 0 Å². The molecule has 0 radical (unpaired) electrons. The number of hydrogen-bond donors (Lipinski definition) is 2. The summed E-state index contributed by atoms with van der Waals surface area (Å²) in [4.78, 5) is 21.9. The Balaban J connectivity index is 2.23. The standard InChI is InChI=1S/C12H17NO5/c1-2-6-17-7-5-11(14)13-8-9-3-4-10(18-9)12(15)16/h3-4H,2,5-8H2,1H3,(H,13,14)(H,15,16). The molecule has 0 saturated carbocycles. The maximum atomic E-state index is 11.4. The Morgan fingerprint density at radius 2 is 2.17 bits per heavy atom. The van der Waals surface area contributed by atoms with Crippen LogP contribution in [0.1, 0.15) is 36.1 Å². The molecule has 0 unspecified atom stereocenters. The quantitative estimate of drug-likeness (QED) is 0.685. The molecule has 0 spiro atoms. The third kappa shape index (κ3) is 5.01. The van der Waals surface area contributed by atoms with Crippen molar-refractivity contribution < 1.29 is 23.8 Å². The van der Waals surface area contributed by atoms with Crippen molar-refractivity contribution in [1.82, 2.24) is 5.32 Å². The first-order chi connectivity index (χ1) is 8.63. The summed E-state index contributed by atoms with van der Waals surface area (Å²) in [5, 5.41) is 11.3. The van der Waals surface area contributed by atoms with Crippen LogP contribution in [0.25, 0.3) is 0 Å². The first-order valence-corrected chi connectivity index (χ1v) is 5.80. The van der Waals surface area contributed by atoms with Crippen molar-refractivity contribution in [3.63, 3.8) is 0 Å². The van der Waals surface area contributed by atoms with Crippen molar-refractivity contribution in [3.8, 4) is 0 Å². The molecule has 0 aliphatic rings. The predicted molar refractivity (Wildman–Crippen MR) is 63.2 cm³/mol. The minimum Gasteiger partial charge on any atom is -0.475 e. The number of carboxylic acid groups (broad SMARTS) is 1. The van der Waals surface area contributed by atoms with E-state index in [2.05, 4.69) is 5.32 Å². The third-order valence-electron chi connectivity index (χ3n) is 2.15. The summed E-state index contributed by atoms with van der Waals surface area (Å²) in [6.45, 7) is 3.21. The lowest BCUT2D eigenvalue weighted by atomic mass is 10.4. The minimum atomic E-state index is -1.12. The fourth-order valence-electron chi connectivity index (χ4n) is 1.27. The van der Waals surface area contributed by atoms with Crippen molar-refractivity contribution in [3.05, 3.63) is 23.7 Å². The highest BCUT2D eigenvalue weighted by Crippen LogP contribution is 2.07. The Hall–Kier alpha value is -1.82. The smallest absolute Gasteiger partial charge is 0.371 e. The second kappa shape index (κ2) is 7.50. The van der Waals surface area contributed by atoms with Crippen molar-refractivity contribution in [2.75, 3.05) is 13.2 Å². The summed E-state index contributed by atoms with van der Waals surface area (Å²) in [6.07, 6.45) is 1.21. The summed E-state index contributed by atoms with van der Waals surface area (Å²) in [6, 6.07) is 2.88. The van der Waals surface area contributed by atoms with Gasteiger partial charge in [-0.1, -0.05) is 6.92 Å². The number of rotatable bonds is 8. The average molecular weight is 255 g/mol. The number of ether oxygens (including phenoxy) is 1. The van der Waals surface area contributed by atoms with Crippen molar-refractivity contribution in [2.45, 2.75) is 26.3 Å². The highest BCUT2D eigenvalue weighted by molar-refractivity contribution is 5.84. The highest BCUT2D eigenvalue weighted by Gasteiger charge is 2.09. The zero-order chi connectivity index (χ0) is 13.4. The van der Waals surface area contributed by atoms with Crippen molar-refractivity contribution in [1.29, 1.82) is 0 Å². The van der Waals surface area contributed by atoms with Gasteiger partial charge in [-0.15, -0.1) is 0 Å². The molecule has 1 aromatic heterocycles. The van der Waals surface area contributed by atoms with Gasteiger partial charge in [0.2, 0.25) is 11.7 Å². The van der Waals surface area contributed by atoms with Gasteiger partial charge in [0, 0.05) is 13.0 Å². The molecule has 100 valence electrons. The molecule has 1 amide bonds. The van der Waals surface area contributed by atoms with Crippen molar-refractivity contribution in [2.24, 2.45) is 0 Å². The number of carboxylic acids is 1. The van der Waals surface area contributed by atoms with Crippen LogP contribution >= 0.6 is 0 Å². The second-order valence-electron chi connectivity index (χ2n) is 3.71. The van der Waals surface area contributed by atoms with E-state index in [-0.39, 0.29) is 24.6 Å². The third-order valence-corrected chi connectivity index (χ3v) is 2.15. The summed E-state index contributed by atoms with van der Waals surface area (Å²) in [5.74, 6) is -0.999. The molecule has 0 aliphatic heterocycles. The number of carbonyl (C=O) groups is 2. The van der Waals surface area contributed by atoms with E-state index < -0.39 is 5.97 Å². The molecule has 0 aromatic carbocycles. The normalized spacial score (nSPS) is 10.3. The maximum Gasteiger partial charge on any atom is 0.371 e. The molecule has 0 bridgehead atoms. The Bertz CT molecular complexity index is 399. The highest BCUT2D eigenvalue weighted by atomic mass is 16.5. The zero-order valence-electron chi connectivity index (χ0n) is 10.3. The van der Waals surface area contributed by atoms with Gasteiger partial charge in [-0.2, -0.15) is 0 Å². The lowest BCUT2D eigenvalue weighted by molar-refractivity contribution is -0.122. The van der Waals surface area contributed by atoms with E-state index in [1.54, 1.807) is 0 Å². The van der Waals surface area contributed by atoms with E-state index in [4.69, 9.17) is 14.3 Å². The predicted octanol–water partition coefficient (Wildman–Crippen LogP) is 1.41. The fourth-order valence-corrected chi connectivity index (χ4v) is 1.27. The number of nitrogens with one attached hydrogen (secondary N) is 1. The molecule has 18 heavy (non-hydrogen) atoms. The Labute approximate surface area is 105 Å². The van der Waals surface area contributed by atoms with E-state index in [1.165, 1.54) is 12.1 Å². The molecule has 1 heterocycles. The molecule has 2 N–H and O–H groups in total. The van der Waals surface area contributed by atoms with Gasteiger partial charge in [0.1, 0.15) is 5.76 Å². The number of carbonyl (C=O) groups excluding carboxylic acids is 1. The number of hydrogen-bond acceptors (Lipinski definition) is 4. The van der Waals surface area contributed by atoms with Gasteiger partial charge in [-0.3, -0.25) is 4.79 Å². The summed E-state index contributed by atoms with van der Waals surface area (Å²) >= 11 is 0. The summed E-state index contributed by atoms with van der Waals surface area (Å²) < 4.78 is 10.2. The second-order valence-corrected chi connectivity index (χ2v) is 3.71. The molecule has 0 saturated heterocycles. The molecule has 1 rings (SSSR count). The van der Waals surface area contributed by atoms with Gasteiger partial charge in [-0.25, -0.2) is 4.79 Å². The molecule has 6 heteroatoms. The van der Waals surface area contributed by atoms with E-state index in [0.717, 1.165) is 6.42 Å². The fraction of sp³-hybridized carbons (Fsp3) is 0.500. The van der Waals surface area contributed by atoms with E-state index >= 15 is 0 Å². The minimum absolute atomic E-state index is 0.134. The van der Waals surface area contributed by atoms with Gasteiger partial charge >= 0.3 is 5.97 Å². The van der Waals surface area contributed by atoms with Crippen LogP contribution in [-0.4, -0.2) is 30.2 Å². The molecule has 0 aliphatic carbocycles. The molecule has 6 nitrogen and oxygen atoms in total. The monoisotopic (exact) mass is 255 g/mol. The summed E-state index contributed by atoms with van der Waals surface area (Å²) in [5.41, 5.74) is 0. The number of amides is 1. The first-order valence-electron chi connectivity index (χ1n) is 5.80. The van der Waals surface area contributed by atoms with Crippen LogP contribution in [0, 0.1) is 0 Å². The average Bonchev–Trinajstić information content (AvgIpc) is 2.81. The lowest BCUT2D eigenvalue weighted by Crippen LogP contribution is -2.23. The SMILES string of the molecule is CCCOCCC(=O)NCc1ccc(C(=O)O)o1. The molecular weight excluding hydrogens is 238 g/mol. The van der Waals surface area contributed by atoms with Gasteiger partial charge in [0.05, 0.1) is 13.2 Å². The van der Waals surface area contributed by atoms with Gasteiger partial charge in [0.15, 0.2) is 0 Å². The lowest BCUT2D eigenvalue weighted by Gasteiger charge is -2.03. The Morgan fingerprint density at radius 3 is 2.78 bits per heavy atom. The largest absolute Gasteiger partial charge is 0.475 e. The van der Waals surface area contributed by atoms with E-state index in [1.807, 2.05) is 6.92 Å². The molecule has 0 fully saturated rings. The van der Waals surface area contributed by atoms with Gasteiger partial charge in [0.25, 0.3) is 0 Å². The van der Waals surface area contributed by atoms with E-state index in [9.17, 15) is 9.59 Å².